The Balaban J connectivity index is 1.70. The Hall–Kier alpha value is -4.05. The Bertz CT molecular complexity index is 1580. The third-order valence-corrected chi connectivity index (χ3v) is 6.55. The first-order chi connectivity index (χ1) is 19.1. The van der Waals surface area contributed by atoms with Crippen molar-refractivity contribution in [2.24, 2.45) is 0 Å². The number of aromatic nitrogens is 7. The van der Waals surface area contributed by atoms with Gasteiger partial charge in [0.05, 0.1) is 17.5 Å². The third-order valence-electron chi connectivity index (χ3n) is 6.30. The second-order valence-corrected chi connectivity index (χ2v) is 9.74. The summed E-state index contributed by atoms with van der Waals surface area (Å²) in [6.07, 6.45) is -13.2. The first-order valence-corrected chi connectivity index (χ1v) is 12.1. The molecule has 2 aromatic heterocycles. The van der Waals surface area contributed by atoms with Gasteiger partial charge in [0.15, 0.2) is 23.5 Å². The number of aromatic amines is 1. The second-order valence-electron chi connectivity index (χ2n) is 9.30. The lowest BCUT2D eigenvalue weighted by Crippen LogP contribution is -2.38. The average molecular weight is 604 g/mol. The summed E-state index contributed by atoms with van der Waals surface area (Å²) in [6.45, 7) is -0.564. The summed E-state index contributed by atoms with van der Waals surface area (Å²) in [5, 5.41) is 27.2. The average Bonchev–Trinajstić information content (AvgIpc) is 3.54. The predicted octanol–water partition coefficient (Wildman–Crippen LogP) is 3.79. The van der Waals surface area contributed by atoms with Crippen molar-refractivity contribution >= 4 is 17.4 Å². The fraction of sp³-hybridized carbons (Fsp3) is 0.333. The number of benzene rings is 2. The first-order valence-electron chi connectivity index (χ1n) is 11.7. The standard InChI is InChI=1S/C24H20ClF6N7O3/c1-22(20-32-35-36-33-20,14-3-2-4-15(9-14)23(26,27)28)10-17(39)11-38-21(41)37(12-18(40)24(29,30)31)19(34-38)13-5-7-16(25)8-6-13/h2-9,18,40H,10-12H2,1H3,(H,32,33,35,36)/t18-,22+/m0/s1. The fourth-order valence-electron chi connectivity index (χ4n) is 4.16. The number of aliphatic hydroxyl groups is 1. The van der Waals surface area contributed by atoms with Crippen LogP contribution in [0.2, 0.25) is 5.02 Å². The van der Waals surface area contributed by atoms with E-state index in [2.05, 4.69) is 25.7 Å². The molecule has 0 radical (unpaired) electrons. The van der Waals surface area contributed by atoms with Gasteiger partial charge >= 0.3 is 18.0 Å². The van der Waals surface area contributed by atoms with E-state index >= 15 is 0 Å². The second kappa shape index (κ2) is 11.1. The van der Waals surface area contributed by atoms with Crippen LogP contribution >= 0.6 is 11.6 Å². The number of ketones is 1. The van der Waals surface area contributed by atoms with Crippen LogP contribution in [0.1, 0.15) is 30.3 Å². The molecule has 0 aliphatic carbocycles. The van der Waals surface area contributed by atoms with Crippen LogP contribution in [0.4, 0.5) is 26.3 Å². The van der Waals surface area contributed by atoms with E-state index < -0.39 is 60.4 Å². The van der Waals surface area contributed by atoms with E-state index in [1.54, 1.807) is 0 Å². The maximum Gasteiger partial charge on any atom is 0.416 e. The zero-order chi connectivity index (χ0) is 30.2. The number of aliphatic hydroxyl groups excluding tert-OH is 1. The number of carbonyl (C=O) groups excluding carboxylic acids is 1. The summed E-state index contributed by atoms with van der Waals surface area (Å²) in [4.78, 5) is 26.3. The Kier molecular flexibility index (Phi) is 8.09. The third kappa shape index (κ3) is 6.48. The van der Waals surface area contributed by atoms with Crippen molar-refractivity contribution in [3.63, 3.8) is 0 Å². The van der Waals surface area contributed by atoms with Crippen LogP contribution in [-0.2, 0) is 29.5 Å². The van der Waals surface area contributed by atoms with Crippen molar-refractivity contribution in [2.75, 3.05) is 0 Å². The Morgan fingerprint density at radius 3 is 2.32 bits per heavy atom. The minimum atomic E-state index is -5.05. The molecule has 10 nitrogen and oxygen atoms in total. The highest BCUT2D eigenvalue weighted by Gasteiger charge is 2.40. The molecule has 4 rings (SSSR count). The monoisotopic (exact) mass is 603 g/mol. The molecule has 0 saturated carbocycles. The van der Waals surface area contributed by atoms with Gasteiger partial charge in [-0.2, -0.15) is 31.6 Å². The number of hydrogen-bond donors (Lipinski definition) is 2. The number of tetrazole rings is 1. The number of alkyl halides is 6. The van der Waals surface area contributed by atoms with Gasteiger partial charge in [-0.3, -0.25) is 9.36 Å². The van der Waals surface area contributed by atoms with Gasteiger partial charge < -0.3 is 5.11 Å². The number of rotatable bonds is 9. The molecule has 0 saturated heterocycles. The van der Waals surface area contributed by atoms with E-state index in [9.17, 15) is 41.0 Å². The molecule has 0 bridgehead atoms. The van der Waals surface area contributed by atoms with E-state index in [4.69, 9.17) is 11.6 Å². The van der Waals surface area contributed by atoms with E-state index in [0.29, 0.717) is 14.3 Å². The van der Waals surface area contributed by atoms with Gasteiger partial charge in [-0.25, -0.2) is 9.48 Å². The minimum Gasteiger partial charge on any atom is -0.382 e. The predicted molar refractivity (Wildman–Crippen MR) is 131 cm³/mol. The van der Waals surface area contributed by atoms with Crippen molar-refractivity contribution < 1.29 is 36.2 Å². The van der Waals surface area contributed by atoms with Crippen LogP contribution in [-0.4, -0.2) is 58.1 Å². The summed E-state index contributed by atoms with van der Waals surface area (Å²) in [5.74, 6) is -1.12. The zero-order valence-corrected chi connectivity index (χ0v) is 21.7. The zero-order valence-electron chi connectivity index (χ0n) is 20.9. The van der Waals surface area contributed by atoms with Gasteiger partial charge in [0.2, 0.25) is 0 Å². The van der Waals surface area contributed by atoms with E-state index in [-0.39, 0.29) is 22.8 Å². The number of Topliss-reactive ketones (excluding diaryl/α,β-unsaturated/α-hetero) is 1. The van der Waals surface area contributed by atoms with Crippen molar-refractivity contribution in [3.8, 4) is 11.4 Å². The number of nitrogens with one attached hydrogen (secondary N) is 1. The van der Waals surface area contributed by atoms with E-state index in [1.165, 1.54) is 37.3 Å². The minimum absolute atomic E-state index is 0.0232. The van der Waals surface area contributed by atoms with Gasteiger partial charge in [0.1, 0.15) is 6.54 Å². The molecule has 0 unspecified atom stereocenters. The van der Waals surface area contributed by atoms with Crippen molar-refractivity contribution in [3.05, 3.63) is 81.0 Å². The molecule has 0 fully saturated rings. The van der Waals surface area contributed by atoms with E-state index in [1.807, 2.05) is 0 Å². The summed E-state index contributed by atoms with van der Waals surface area (Å²) in [6, 6.07) is 9.75. The Morgan fingerprint density at radius 2 is 1.73 bits per heavy atom. The lowest BCUT2D eigenvalue weighted by atomic mass is 9.77. The van der Waals surface area contributed by atoms with Crippen LogP contribution < -0.4 is 5.69 Å². The topological polar surface area (TPSA) is 132 Å². The molecule has 0 amide bonds. The molecule has 2 heterocycles. The molecule has 0 spiro atoms. The number of carbonyl (C=O) groups is 1. The molecule has 2 N–H and O–H groups in total. The lowest BCUT2D eigenvalue weighted by molar-refractivity contribution is -0.207. The van der Waals surface area contributed by atoms with Gasteiger partial charge in [-0.15, -0.1) is 15.3 Å². The van der Waals surface area contributed by atoms with Gasteiger partial charge in [-0.05, 0) is 42.8 Å². The molecule has 4 aromatic rings. The van der Waals surface area contributed by atoms with Crippen LogP contribution in [0, 0.1) is 0 Å². The molecule has 2 atom stereocenters. The molecule has 0 aliphatic rings. The number of halogens is 7. The highest BCUT2D eigenvalue weighted by Crippen LogP contribution is 2.37. The Morgan fingerprint density at radius 1 is 1.07 bits per heavy atom. The summed E-state index contributed by atoms with van der Waals surface area (Å²) in [7, 11) is 0. The SMILES string of the molecule is C[C@@](CC(=O)Cn1nc(-c2ccc(Cl)cc2)n(C[C@H](O)C(F)(F)F)c1=O)(c1cccc(C(F)(F)F)c1)c1nn[nH]n1. The van der Waals surface area contributed by atoms with Gasteiger partial charge in [0.25, 0.3) is 0 Å². The fourth-order valence-corrected chi connectivity index (χ4v) is 4.29. The van der Waals surface area contributed by atoms with Crippen LogP contribution in [0.5, 0.6) is 0 Å². The summed E-state index contributed by atoms with van der Waals surface area (Å²) < 4.78 is 80.7. The highest BCUT2D eigenvalue weighted by atomic mass is 35.5. The molecule has 218 valence electrons. The van der Waals surface area contributed by atoms with Crippen molar-refractivity contribution in [1.29, 1.82) is 0 Å². The van der Waals surface area contributed by atoms with Crippen LogP contribution in [0.3, 0.4) is 0 Å². The molecule has 2 aromatic carbocycles. The van der Waals surface area contributed by atoms with Crippen LogP contribution in [0.15, 0.2) is 53.3 Å². The molecular weight excluding hydrogens is 584 g/mol. The summed E-state index contributed by atoms with van der Waals surface area (Å²) in [5.41, 5.74) is -3.47. The first kappa shape index (κ1) is 29.9. The van der Waals surface area contributed by atoms with Gasteiger partial charge in [-0.1, -0.05) is 35.0 Å². The number of nitrogens with zero attached hydrogens (tertiary/aromatic N) is 6. The maximum absolute atomic E-state index is 13.4. The van der Waals surface area contributed by atoms with Gasteiger partial charge in [0, 0.05) is 17.0 Å². The number of H-pyrrole nitrogens is 1. The molecule has 0 aliphatic heterocycles. The van der Waals surface area contributed by atoms with E-state index in [0.717, 1.165) is 18.2 Å². The highest BCUT2D eigenvalue weighted by molar-refractivity contribution is 6.30. The smallest absolute Gasteiger partial charge is 0.382 e. The van der Waals surface area contributed by atoms with Crippen molar-refractivity contribution in [2.45, 2.75) is 50.3 Å². The van der Waals surface area contributed by atoms with Crippen molar-refractivity contribution in [1.82, 2.24) is 35.0 Å². The molecular formula is C24H20ClF6N7O3. The maximum atomic E-state index is 13.4. The largest absolute Gasteiger partial charge is 0.416 e. The molecule has 17 heteroatoms. The lowest BCUT2D eigenvalue weighted by Gasteiger charge is -2.26. The quantitative estimate of drug-likeness (QED) is 0.278. The van der Waals surface area contributed by atoms with Crippen LogP contribution in [0.25, 0.3) is 11.4 Å². The molecule has 41 heavy (non-hydrogen) atoms. The Labute approximate surface area is 231 Å². The number of hydrogen-bond acceptors (Lipinski definition) is 7. The summed E-state index contributed by atoms with van der Waals surface area (Å²) >= 11 is 5.87. The normalized spacial score (nSPS) is 14.6.